The molecule has 42 heavy (non-hydrogen) atoms. The monoisotopic (exact) mass is 595 g/mol. The number of hydrogen-bond donors (Lipinski definition) is 3. The van der Waals surface area contributed by atoms with Crippen LogP contribution in [0.5, 0.6) is 0 Å². The molecule has 3 aromatic heterocycles. The van der Waals surface area contributed by atoms with Crippen LogP contribution in [0.2, 0.25) is 0 Å². The van der Waals surface area contributed by atoms with E-state index in [2.05, 4.69) is 30.9 Å². The molecule has 0 unspecified atom stereocenters. The zero-order valence-corrected chi connectivity index (χ0v) is 22.6. The lowest BCUT2D eigenvalue weighted by molar-refractivity contribution is -0.137. The second-order valence-electron chi connectivity index (χ2n) is 9.76. The number of anilines is 3. The molecule has 3 heterocycles. The van der Waals surface area contributed by atoms with Gasteiger partial charge in [0.15, 0.2) is 0 Å². The van der Waals surface area contributed by atoms with Gasteiger partial charge in [-0.15, -0.1) is 11.3 Å². The van der Waals surface area contributed by atoms with E-state index in [1.807, 2.05) is 0 Å². The van der Waals surface area contributed by atoms with Crippen molar-refractivity contribution in [1.29, 1.82) is 0 Å². The first-order valence-corrected chi connectivity index (χ1v) is 13.6. The predicted octanol–water partition coefficient (Wildman–Crippen LogP) is 6.42. The molecule has 0 aliphatic heterocycles. The largest absolute Gasteiger partial charge is 0.416 e. The molecule has 0 radical (unpaired) electrons. The maximum atomic E-state index is 14.7. The van der Waals surface area contributed by atoms with Gasteiger partial charge >= 0.3 is 6.18 Å². The second-order valence-corrected chi connectivity index (χ2v) is 10.6. The Morgan fingerprint density at radius 3 is 2.55 bits per heavy atom. The molecule has 9 nitrogen and oxygen atoms in total. The van der Waals surface area contributed by atoms with Crippen LogP contribution in [0.1, 0.15) is 44.8 Å². The van der Waals surface area contributed by atoms with Crippen molar-refractivity contribution in [3.8, 4) is 5.69 Å². The third-order valence-electron chi connectivity index (χ3n) is 6.51. The molecule has 2 amide bonds. The summed E-state index contributed by atoms with van der Waals surface area (Å²) in [7, 11) is 0. The van der Waals surface area contributed by atoms with Gasteiger partial charge in [-0.05, 0) is 56.2 Å². The molecule has 1 aliphatic rings. The second kappa shape index (κ2) is 10.5. The Labute approximate surface area is 239 Å². The summed E-state index contributed by atoms with van der Waals surface area (Å²) in [5.41, 5.74) is -0.177. The number of hydrogen-bond acceptors (Lipinski definition) is 7. The van der Waals surface area contributed by atoms with Crippen LogP contribution < -0.4 is 16.0 Å². The van der Waals surface area contributed by atoms with Crippen molar-refractivity contribution >= 4 is 50.6 Å². The molecule has 14 heteroatoms. The van der Waals surface area contributed by atoms with Gasteiger partial charge in [0.25, 0.3) is 11.8 Å². The molecule has 0 bridgehead atoms. The fourth-order valence-corrected chi connectivity index (χ4v) is 5.20. The van der Waals surface area contributed by atoms with Gasteiger partial charge < -0.3 is 20.5 Å². The molecule has 0 saturated heterocycles. The van der Waals surface area contributed by atoms with E-state index >= 15 is 0 Å². The van der Waals surface area contributed by atoms with Crippen molar-refractivity contribution in [2.45, 2.75) is 32.0 Å². The number of thiophene rings is 1. The highest BCUT2D eigenvalue weighted by Crippen LogP contribution is 2.34. The Morgan fingerprint density at radius 1 is 1.02 bits per heavy atom. The van der Waals surface area contributed by atoms with Gasteiger partial charge in [-0.3, -0.25) is 9.59 Å². The van der Waals surface area contributed by atoms with Crippen molar-refractivity contribution in [2.75, 3.05) is 16.0 Å². The van der Waals surface area contributed by atoms with Gasteiger partial charge in [-0.1, -0.05) is 0 Å². The number of carbonyl (C=O) groups is 2. The first-order chi connectivity index (χ1) is 20.0. The van der Waals surface area contributed by atoms with Crippen molar-refractivity contribution in [3.05, 3.63) is 88.8 Å². The van der Waals surface area contributed by atoms with Crippen molar-refractivity contribution in [1.82, 2.24) is 19.5 Å². The fraction of sp³-hybridized carbons (Fsp3) is 0.179. The van der Waals surface area contributed by atoms with E-state index in [9.17, 15) is 27.2 Å². The van der Waals surface area contributed by atoms with Gasteiger partial charge in [0.05, 0.1) is 39.1 Å². The number of benzene rings is 2. The SMILES string of the molecule is Cc1cn(-c2cc(C(=O)Nc3ccc(F)c(NC(=O)c4csc5c(NC6CC6)ncnc45)c3)cc(C(F)(F)F)c2)cn1. The first kappa shape index (κ1) is 27.3. The van der Waals surface area contributed by atoms with Crippen LogP contribution in [0.3, 0.4) is 0 Å². The summed E-state index contributed by atoms with van der Waals surface area (Å²) in [4.78, 5) is 38.6. The summed E-state index contributed by atoms with van der Waals surface area (Å²) in [6, 6.07) is 6.71. The third kappa shape index (κ3) is 5.65. The number of rotatable bonds is 7. The Bertz CT molecular complexity index is 1850. The van der Waals surface area contributed by atoms with Crippen LogP contribution in [0.15, 0.2) is 60.6 Å². The summed E-state index contributed by atoms with van der Waals surface area (Å²) in [6.07, 6.45) is 1.58. The molecular formula is C28H21F4N7O2S. The highest BCUT2D eigenvalue weighted by Gasteiger charge is 2.32. The van der Waals surface area contributed by atoms with Gasteiger partial charge in [-0.2, -0.15) is 13.2 Å². The minimum absolute atomic E-state index is 0.0579. The lowest BCUT2D eigenvalue weighted by Crippen LogP contribution is -2.16. The summed E-state index contributed by atoms with van der Waals surface area (Å²) in [5.74, 6) is -1.64. The third-order valence-corrected chi connectivity index (χ3v) is 7.48. The number of alkyl halides is 3. The van der Waals surface area contributed by atoms with Crippen molar-refractivity contribution in [2.24, 2.45) is 0 Å². The molecule has 6 rings (SSSR count). The number of nitrogens with one attached hydrogen (secondary N) is 3. The van der Waals surface area contributed by atoms with Crippen LogP contribution in [-0.4, -0.2) is 37.4 Å². The molecule has 0 spiro atoms. The van der Waals surface area contributed by atoms with E-state index in [0.717, 1.165) is 31.0 Å². The normalized spacial score (nSPS) is 13.3. The van der Waals surface area contributed by atoms with Crippen LogP contribution >= 0.6 is 11.3 Å². The van der Waals surface area contributed by atoms with E-state index in [1.54, 1.807) is 12.3 Å². The Morgan fingerprint density at radius 2 is 1.83 bits per heavy atom. The van der Waals surface area contributed by atoms with Gasteiger partial charge in [-0.25, -0.2) is 19.3 Å². The number of aromatic nitrogens is 4. The maximum Gasteiger partial charge on any atom is 0.416 e. The molecular weight excluding hydrogens is 574 g/mol. The molecule has 0 atom stereocenters. The summed E-state index contributed by atoms with van der Waals surface area (Å²) >= 11 is 1.28. The molecule has 1 aliphatic carbocycles. The standard InChI is InChI=1S/C28H21F4N7O2S/c1-14-10-39(13-35-14)19-7-15(6-16(8-19)28(30,31)32)26(40)37-18-4-5-21(29)22(9-18)38-27(41)20-11-42-24-23(20)33-12-34-25(24)36-17-2-3-17/h4-13,17H,2-3H2,1H3,(H,37,40)(H,38,41)(H,33,34,36). The van der Waals surface area contributed by atoms with Gasteiger partial charge in [0, 0.05) is 34.6 Å². The summed E-state index contributed by atoms with van der Waals surface area (Å²) < 4.78 is 57.6. The average Bonchev–Trinajstić information content (AvgIpc) is 3.47. The smallest absolute Gasteiger partial charge is 0.366 e. The fourth-order valence-electron chi connectivity index (χ4n) is 4.24. The van der Waals surface area contributed by atoms with E-state index in [-0.39, 0.29) is 28.2 Å². The Hall–Kier alpha value is -4.85. The number of fused-ring (bicyclic) bond motifs is 1. The number of halogens is 4. The number of imidazole rings is 1. The lowest BCUT2D eigenvalue weighted by Gasteiger charge is -2.14. The van der Waals surface area contributed by atoms with Gasteiger partial charge in [0.1, 0.15) is 18.0 Å². The lowest BCUT2D eigenvalue weighted by atomic mass is 10.1. The first-order valence-electron chi connectivity index (χ1n) is 12.7. The van der Waals surface area contributed by atoms with Crippen LogP contribution in [0, 0.1) is 12.7 Å². The molecule has 3 N–H and O–H groups in total. The Kier molecular flexibility index (Phi) is 6.85. The number of nitrogens with zero attached hydrogens (tertiary/aromatic N) is 4. The van der Waals surface area contributed by atoms with Crippen LogP contribution in [0.4, 0.5) is 34.8 Å². The number of amides is 2. The number of aryl methyl sites for hydroxylation is 1. The van der Waals surface area contributed by atoms with E-state index in [4.69, 9.17) is 0 Å². The van der Waals surface area contributed by atoms with Crippen LogP contribution in [-0.2, 0) is 6.18 Å². The molecule has 1 fully saturated rings. The molecule has 2 aromatic carbocycles. The predicted molar refractivity (Wildman–Crippen MR) is 150 cm³/mol. The van der Waals surface area contributed by atoms with Gasteiger partial charge in [0.2, 0.25) is 0 Å². The Balaban J connectivity index is 1.24. The maximum absolute atomic E-state index is 14.7. The average molecular weight is 596 g/mol. The van der Waals surface area contributed by atoms with E-state index in [0.29, 0.717) is 27.8 Å². The van der Waals surface area contributed by atoms with Crippen LogP contribution in [0.25, 0.3) is 15.9 Å². The quantitative estimate of drug-likeness (QED) is 0.187. The molecule has 1 saturated carbocycles. The molecule has 214 valence electrons. The van der Waals surface area contributed by atoms with Crippen molar-refractivity contribution in [3.63, 3.8) is 0 Å². The zero-order valence-electron chi connectivity index (χ0n) is 21.8. The highest BCUT2D eigenvalue weighted by molar-refractivity contribution is 7.18. The highest BCUT2D eigenvalue weighted by atomic mass is 32.1. The minimum atomic E-state index is -4.71. The molecule has 5 aromatic rings. The van der Waals surface area contributed by atoms with E-state index in [1.165, 1.54) is 53.0 Å². The minimum Gasteiger partial charge on any atom is -0.366 e. The van der Waals surface area contributed by atoms with E-state index < -0.39 is 29.4 Å². The zero-order chi connectivity index (χ0) is 29.6. The van der Waals surface area contributed by atoms with Crippen molar-refractivity contribution < 1.29 is 27.2 Å². The summed E-state index contributed by atoms with van der Waals surface area (Å²) in [5, 5.41) is 9.87. The topological polar surface area (TPSA) is 114 Å². The number of carbonyl (C=O) groups excluding carboxylic acids is 2. The summed E-state index contributed by atoms with van der Waals surface area (Å²) in [6.45, 7) is 1.68.